The summed E-state index contributed by atoms with van der Waals surface area (Å²) in [7, 11) is 0. The van der Waals surface area contributed by atoms with Crippen LogP contribution in [-0.2, 0) is 16.6 Å². The Labute approximate surface area is 188 Å². The van der Waals surface area contributed by atoms with Gasteiger partial charge in [-0.15, -0.1) is 0 Å². The Hall–Kier alpha value is -2.28. The summed E-state index contributed by atoms with van der Waals surface area (Å²) in [5, 5.41) is 4.00. The molecule has 0 atom stereocenters. The number of nitrogens with one attached hydrogen (secondary N) is 1. The van der Waals surface area contributed by atoms with Gasteiger partial charge in [0.05, 0.1) is 0 Å². The maximum Gasteiger partial charge on any atom is 0.220 e. The molecule has 6 nitrogen and oxygen atoms in total. The minimum absolute atomic E-state index is 0.0273. The molecule has 0 saturated heterocycles. The standard InChI is InChI=1S/C24H31N3O3S/c1-16-19(17(2)27-23(26-16)31-3)7-9-22(28)25-15-24(10-4-5-11-24)18-6-8-20-21(14-18)30-13-12-29-20/h6,8,14H,4-5,7,9-13,15H2,1-3H3,(H,25,28). The van der Waals surface area contributed by atoms with Crippen LogP contribution in [0.4, 0.5) is 0 Å². The second-order valence-electron chi connectivity index (χ2n) is 8.48. The highest BCUT2D eigenvalue weighted by molar-refractivity contribution is 7.98. The van der Waals surface area contributed by atoms with E-state index in [2.05, 4.69) is 27.4 Å². The quantitative estimate of drug-likeness (QED) is 0.514. The molecule has 1 aromatic heterocycles. The molecular formula is C24H31N3O3S. The fraction of sp³-hybridized carbons (Fsp3) is 0.542. The lowest BCUT2D eigenvalue weighted by Crippen LogP contribution is -2.39. The van der Waals surface area contributed by atoms with Gasteiger partial charge in [0.25, 0.3) is 0 Å². The normalized spacial score (nSPS) is 16.9. The third kappa shape index (κ3) is 4.81. The molecule has 1 saturated carbocycles. The minimum atomic E-state index is -0.0273. The summed E-state index contributed by atoms with van der Waals surface area (Å²) in [6.07, 6.45) is 7.60. The van der Waals surface area contributed by atoms with Crippen LogP contribution in [0.15, 0.2) is 23.4 Å². The van der Waals surface area contributed by atoms with Crippen LogP contribution in [0.5, 0.6) is 11.5 Å². The Morgan fingerprint density at radius 1 is 1.10 bits per heavy atom. The summed E-state index contributed by atoms with van der Waals surface area (Å²) in [6, 6.07) is 6.27. The highest BCUT2D eigenvalue weighted by atomic mass is 32.2. The zero-order chi connectivity index (χ0) is 21.8. The average molecular weight is 442 g/mol. The van der Waals surface area contributed by atoms with Crippen LogP contribution in [0.3, 0.4) is 0 Å². The van der Waals surface area contributed by atoms with Crippen molar-refractivity contribution in [3.05, 3.63) is 40.7 Å². The molecule has 0 unspecified atom stereocenters. The van der Waals surface area contributed by atoms with E-state index in [0.717, 1.165) is 46.4 Å². The average Bonchev–Trinajstić information content (AvgIpc) is 3.27. The molecule has 2 aliphatic rings. The van der Waals surface area contributed by atoms with E-state index in [0.29, 0.717) is 32.6 Å². The molecule has 1 N–H and O–H groups in total. The van der Waals surface area contributed by atoms with E-state index >= 15 is 0 Å². The molecule has 4 rings (SSSR count). The number of carbonyl (C=O) groups excluding carboxylic acids is 1. The Balaban J connectivity index is 1.40. The van der Waals surface area contributed by atoms with Gasteiger partial charge < -0.3 is 14.8 Å². The fourth-order valence-corrected chi connectivity index (χ4v) is 5.21. The first kappa shape index (κ1) is 21.9. The SMILES string of the molecule is CSc1nc(C)c(CCC(=O)NCC2(c3ccc4c(c3)OCCO4)CCCC2)c(C)n1. The molecule has 1 aromatic carbocycles. The van der Waals surface area contributed by atoms with Crippen LogP contribution in [0.1, 0.15) is 54.6 Å². The second-order valence-corrected chi connectivity index (χ2v) is 9.26. The molecule has 1 aliphatic heterocycles. The van der Waals surface area contributed by atoms with Crippen LogP contribution in [0, 0.1) is 13.8 Å². The Morgan fingerprint density at radius 2 is 1.77 bits per heavy atom. The number of nitrogens with zero attached hydrogens (tertiary/aromatic N) is 2. The molecule has 1 aliphatic carbocycles. The summed E-state index contributed by atoms with van der Waals surface area (Å²) >= 11 is 1.54. The first-order valence-corrected chi connectivity index (χ1v) is 12.3. The summed E-state index contributed by atoms with van der Waals surface area (Å²) in [5.74, 6) is 1.71. The van der Waals surface area contributed by atoms with Crippen LogP contribution in [0.25, 0.3) is 0 Å². The molecule has 166 valence electrons. The van der Waals surface area contributed by atoms with E-state index in [9.17, 15) is 4.79 Å². The van der Waals surface area contributed by atoms with Crippen LogP contribution >= 0.6 is 11.8 Å². The van der Waals surface area contributed by atoms with Crippen molar-refractivity contribution in [3.63, 3.8) is 0 Å². The lowest BCUT2D eigenvalue weighted by molar-refractivity contribution is -0.121. The van der Waals surface area contributed by atoms with Gasteiger partial charge in [0.15, 0.2) is 16.7 Å². The van der Waals surface area contributed by atoms with Gasteiger partial charge in [0.2, 0.25) is 5.91 Å². The number of aromatic nitrogens is 2. The van der Waals surface area contributed by atoms with Crippen molar-refractivity contribution >= 4 is 17.7 Å². The Kier molecular flexibility index (Phi) is 6.70. The number of aryl methyl sites for hydroxylation is 2. The monoisotopic (exact) mass is 441 g/mol. The zero-order valence-electron chi connectivity index (χ0n) is 18.6. The maximum absolute atomic E-state index is 12.7. The Morgan fingerprint density at radius 3 is 2.45 bits per heavy atom. The zero-order valence-corrected chi connectivity index (χ0v) is 19.4. The van der Waals surface area contributed by atoms with E-state index < -0.39 is 0 Å². The van der Waals surface area contributed by atoms with Crippen molar-refractivity contribution in [2.75, 3.05) is 26.0 Å². The third-order valence-corrected chi connectivity index (χ3v) is 7.07. The van der Waals surface area contributed by atoms with Gasteiger partial charge in [-0.1, -0.05) is 30.7 Å². The number of benzene rings is 1. The van der Waals surface area contributed by atoms with Gasteiger partial charge in [-0.3, -0.25) is 4.79 Å². The lowest BCUT2D eigenvalue weighted by Gasteiger charge is -2.31. The van der Waals surface area contributed by atoms with Crippen molar-refractivity contribution in [1.82, 2.24) is 15.3 Å². The summed E-state index contributed by atoms with van der Waals surface area (Å²) in [4.78, 5) is 21.8. The molecule has 2 aromatic rings. The number of thioether (sulfide) groups is 1. The summed E-state index contributed by atoms with van der Waals surface area (Å²) in [5.41, 5.74) is 4.22. The second kappa shape index (κ2) is 9.47. The van der Waals surface area contributed by atoms with Crippen molar-refractivity contribution < 1.29 is 14.3 Å². The number of ether oxygens (including phenoxy) is 2. The molecule has 1 fully saturated rings. The lowest BCUT2D eigenvalue weighted by atomic mass is 9.78. The number of hydrogen-bond donors (Lipinski definition) is 1. The van der Waals surface area contributed by atoms with Gasteiger partial charge in [0.1, 0.15) is 13.2 Å². The molecule has 0 radical (unpaired) electrons. The highest BCUT2D eigenvalue weighted by Crippen LogP contribution is 2.43. The predicted octanol–water partition coefficient (Wildman–Crippen LogP) is 4.15. The van der Waals surface area contributed by atoms with Gasteiger partial charge >= 0.3 is 0 Å². The van der Waals surface area contributed by atoms with Gasteiger partial charge in [-0.25, -0.2) is 9.97 Å². The van der Waals surface area contributed by atoms with Crippen LogP contribution in [-0.4, -0.2) is 41.9 Å². The van der Waals surface area contributed by atoms with E-state index in [1.807, 2.05) is 26.2 Å². The van der Waals surface area contributed by atoms with Gasteiger partial charge in [0, 0.05) is 29.8 Å². The number of hydrogen-bond acceptors (Lipinski definition) is 6. The fourth-order valence-electron chi connectivity index (χ4n) is 4.75. The number of fused-ring (bicyclic) bond motifs is 1. The molecular weight excluding hydrogens is 410 g/mol. The number of amides is 1. The van der Waals surface area contributed by atoms with Gasteiger partial charge in [-0.05, 0) is 62.6 Å². The molecule has 1 amide bonds. The van der Waals surface area contributed by atoms with E-state index in [-0.39, 0.29) is 11.3 Å². The largest absolute Gasteiger partial charge is 0.486 e. The van der Waals surface area contributed by atoms with E-state index in [1.165, 1.54) is 18.4 Å². The van der Waals surface area contributed by atoms with Crippen LogP contribution in [0.2, 0.25) is 0 Å². The number of carbonyl (C=O) groups is 1. The summed E-state index contributed by atoms with van der Waals surface area (Å²) < 4.78 is 11.5. The highest BCUT2D eigenvalue weighted by Gasteiger charge is 2.36. The van der Waals surface area contributed by atoms with Crippen molar-refractivity contribution in [3.8, 4) is 11.5 Å². The molecule has 7 heteroatoms. The predicted molar refractivity (Wildman–Crippen MR) is 122 cm³/mol. The maximum atomic E-state index is 12.7. The smallest absolute Gasteiger partial charge is 0.220 e. The van der Waals surface area contributed by atoms with E-state index in [4.69, 9.17) is 9.47 Å². The molecule has 2 heterocycles. The first-order chi connectivity index (χ1) is 15.0. The molecule has 31 heavy (non-hydrogen) atoms. The van der Waals surface area contributed by atoms with Gasteiger partial charge in [-0.2, -0.15) is 0 Å². The summed E-state index contributed by atoms with van der Waals surface area (Å²) in [6.45, 7) is 5.83. The molecule has 0 bridgehead atoms. The number of rotatable bonds is 7. The third-order valence-electron chi connectivity index (χ3n) is 6.52. The van der Waals surface area contributed by atoms with Crippen molar-refractivity contribution in [1.29, 1.82) is 0 Å². The topological polar surface area (TPSA) is 73.3 Å². The minimum Gasteiger partial charge on any atom is -0.486 e. The van der Waals surface area contributed by atoms with E-state index in [1.54, 1.807) is 11.8 Å². The van der Waals surface area contributed by atoms with Crippen molar-refractivity contribution in [2.24, 2.45) is 0 Å². The van der Waals surface area contributed by atoms with Crippen molar-refractivity contribution in [2.45, 2.75) is 62.9 Å². The first-order valence-electron chi connectivity index (χ1n) is 11.1. The Bertz CT molecular complexity index is 934. The van der Waals surface area contributed by atoms with Crippen LogP contribution < -0.4 is 14.8 Å². The molecule has 0 spiro atoms.